The van der Waals surface area contributed by atoms with Crippen LogP contribution >= 0.6 is 0 Å². The van der Waals surface area contributed by atoms with Crippen LogP contribution in [0.25, 0.3) is 0 Å². The first-order valence-corrected chi connectivity index (χ1v) is 17.4. The lowest BCUT2D eigenvalue weighted by atomic mass is 9.43. The molecule has 6 atom stereocenters. The van der Waals surface area contributed by atoms with E-state index in [4.69, 9.17) is 14.0 Å². The Hall–Kier alpha value is -3.01. The molecule has 3 aliphatic heterocycles. The van der Waals surface area contributed by atoms with Gasteiger partial charge < -0.3 is 23.8 Å². The predicted molar refractivity (Wildman–Crippen MR) is 177 cm³/mol. The second-order valence-corrected chi connectivity index (χ2v) is 15.9. The fraction of sp³-hybridized carbons (Fsp3) is 0.694. The number of nitrogens with zero attached hydrogens (tertiary/aromatic N) is 4. The number of hydrogen-bond acceptors (Lipinski definition) is 7. The summed E-state index contributed by atoms with van der Waals surface area (Å²) < 4.78 is 47.5. The number of hydrogen-bond donors (Lipinski definition) is 0. The molecule has 2 amide bonds. The highest BCUT2D eigenvalue weighted by Crippen LogP contribution is 2.65. The number of nitriles is 1. The molecule has 2 bridgehead atoms. The predicted octanol–water partition coefficient (Wildman–Crippen LogP) is 5.84. The zero-order valence-corrected chi connectivity index (χ0v) is 29.1. The SMILES string of the molecule is CN(C(=O)O[C@@H]1CCCCN1C(=O)C(C#N)=CC(C)(C)N1CCC(F)(F)C1)[C@@H](Cc1ccccc1)B1O[C@@H]2C[C@@H]3C[C@@H](C3(C)C)[C@]2(C)O1. The number of rotatable bonds is 8. The van der Waals surface area contributed by atoms with E-state index in [-0.39, 0.29) is 30.1 Å². The number of carbonyl (C=O) groups is 2. The first-order chi connectivity index (χ1) is 22.6. The van der Waals surface area contributed by atoms with Crippen LogP contribution in [0.15, 0.2) is 42.0 Å². The van der Waals surface area contributed by atoms with Crippen LogP contribution in [-0.4, -0.2) is 95.8 Å². The van der Waals surface area contributed by atoms with E-state index in [1.807, 2.05) is 36.4 Å². The Morgan fingerprint density at radius 2 is 1.92 bits per heavy atom. The van der Waals surface area contributed by atoms with Crippen molar-refractivity contribution in [2.24, 2.45) is 17.3 Å². The van der Waals surface area contributed by atoms with Crippen molar-refractivity contribution in [3.05, 3.63) is 47.5 Å². The molecule has 0 radical (unpaired) electrons. The van der Waals surface area contributed by atoms with Crippen LogP contribution in [0.1, 0.15) is 78.7 Å². The van der Waals surface area contributed by atoms with E-state index >= 15 is 0 Å². The Kier molecular flexibility index (Phi) is 9.23. The van der Waals surface area contributed by atoms with Gasteiger partial charge in [-0.15, -0.1) is 0 Å². The number of carbonyl (C=O) groups excluding carboxylic acids is 2. The number of piperidine rings is 1. The quantitative estimate of drug-likeness (QED) is 0.196. The summed E-state index contributed by atoms with van der Waals surface area (Å²) in [6.45, 7) is 10.3. The molecule has 9 nitrogen and oxygen atoms in total. The van der Waals surface area contributed by atoms with Gasteiger partial charge in [0.2, 0.25) is 0 Å². The van der Waals surface area contributed by atoms with Crippen LogP contribution in [0, 0.1) is 28.6 Å². The zero-order chi connectivity index (χ0) is 34.6. The van der Waals surface area contributed by atoms with E-state index in [1.165, 1.54) is 15.9 Å². The van der Waals surface area contributed by atoms with Crippen molar-refractivity contribution in [2.45, 2.75) is 115 Å². The maximum Gasteiger partial charge on any atom is 0.482 e. The third-order valence-corrected chi connectivity index (χ3v) is 12.1. The van der Waals surface area contributed by atoms with Crippen molar-refractivity contribution in [1.82, 2.24) is 14.7 Å². The Bertz CT molecular complexity index is 1470. The van der Waals surface area contributed by atoms with Crippen LogP contribution in [0.2, 0.25) is 0 Å². The van der Waals surface area contributed by atoms with E-state index in [0.29, 0.717) is 37.6 Å². The topological polar surface area (TPSA) is 95.3 Å². The van der Waals surface area contributed by atoms with Gasteiger partial charge in [0.05, 0.1) is 24.2 Å². The first kappa shape index (κ1) is 34.8. The summed E-state index contributed by atoms with van der Waals surface area (Å²) in [7, 11) is 1.02. The van der Waals surface area contributed by atoms with Crippen molar-refractivity contribution in [2.75, 3.05) is 26.7 Å². The molecule has 0 N–H and O–H groups in total. The van der Waals surface area contributed by atoms with E-state index < -0.39 is 54.9 Å². The minimum Gasteiger partial charge on any atom is -0.425 e. The molecular formula is C36H49BF2N4O5. The molecule has 6 fully saturated rings. The van der Waals surface area contributed by atoms with Crippen LogP contribution in [0.3, 0.4) is 0 Å². The Labute approximate surface area is 283 Å². The number of alkyl halides is 2. The second-order valence-electron chi connectivity index (χ2n) is 15.9. The number of halogens is 2. The van der Waals surface area contributed by atoms with Gasteiger partial charge in [-0.3, -0.25) is 9.69 Å². The van der Waals surface area contributed by atoms with Crippen LogP contribution < -0.4 is 0 Å². The van der Waals surface area contributed by atoms with Gasteiger partial charge in [0.1, 0.15) is 11.6 Å². The molecule has 0 unspecified atom stereocenters. The lowest BCUT2D eigenvalue weighted by Gasteiger charge is -2.64. The summed E-state index contributed by atoms with van der Waals surface area (Å²) in [6.07, 6.45) is 4.03. The monoisotopic (exact) mass is 666 g/mol. The molecular weight excluding hydrogens is 617 g/mol. The molecule has 260 valence electrons. The third kappa shape index (κ3) is 6.38. The molecule has 3 saturated heterocycles. The van der Waals surface area contributed by atoms with Crippen molar-refractivity contribution >= 4 is 19.1 Å². The number of likely N-dealkylation sites (N-methyl/N-ethyl adjacent to an activating group) is 1. The molecule has 1 aromatic carbocycles. The zero-order valence-electron chi connectivity index (χ0n) is 29.1. The summed E-state index contributed by atoms with van der Waals surface area (Å²) >= 11 is 0. The number of benzene rings is 1. The number of likely N-dealkylation sites (tertiary alicyclic amines) is 2. The molecule has 0 spiro atoms. The highest BCUT2D eigenvalue weighted by molar-refractivity contribution is 6.47. The average molecular weight is 667 g/mol. The normalized spacial score (nSPS) is 31.8. The molecule has 3 heterocycles. The van der Waals surface area contributed by atoms with Gasteiger partial charge in [0, 0.05) is 38.5 Å². The van der Waals surface area contributed by atoms with E-state index in [9.17, 15) is 23.6 Å². The molecule has 1 aromatic rings. The van der Waals surface area contributed by atoms with Crippen molar-refractivity contribution < 1.29 is 32.4 Å². The highest BCUT2D eigenvalue weighted by Gasteiger charge is 2.68. The first-order valence-electron chi connectivity index (χ1n) is 17.4. The molecule has 6 aliphatic rings. The van der Waals surface area contributed by atoms with Gasteiger partial charge in [-0.25, -0.2) is 13.6 Å². The van der Waals surface area contributed by atoms with Gasteiger partial charge in [0.25, 0.3) is 11.8 Å². The summed E-state index contributed by atoms with van der Waals surface area (Å²) in [4.78, 5) is 32.3. The second kappa shape index (κ2) is 12.7. The van der Waals surface area contributed by atoms with Crippen molar-refractivity contribution in [1.29, 1.82) is 5.26 Å². The van der Waals surface area contributed by atoms with E-state index in [1.54, 1.807) is 25.8 Å². The van der Waals surface area contributed by atoms with Gasteiger partial charge in [-0.1, -0.05) is 44.2 Å². The van der Waals surface area contributed by atoms with Crippen LogP contribution in [0.5, 0.6) is 0 Å². The Balaban J connectivity index is 1.19. The summed E-state index contributed by atoms with van der Waals surface area (Å²) in [5.74, 6) is -2.92. The van der Waals surface area contributed by atoms with Gasteiger partial charge in [-0.05, 0) is 81.8 Å². The van der Waals surface area contributed by atoms with Gasteiger partial charge >= 0.3 is 13.2 Å². The summed E-state index contributed by atoms with van der Waals surface area (Å²) in [6, 6.07) is 11.9. The van der Waals surface area contributed by atoms with Crippen molar-refractivity contribution in [3.8, 4) is 6.07 Å². The van der Waals surface area contributed by atoms with Crippen LogP contribution in [-0.2, 0) is 25.3 Å². The van der Waals surface area contributed by atoms with Gasteiger partial charge in [-0.2, -0.15) is 5.26 Å². The maximum absolute atomic E-state index is 14.0. The summed E-state index contributed by atoms with van der Waals surface area (Å²) in [5, 5.41) is 10.0. The summed E-state index contributed by atoms with van der Waals surface area (Å²) in [5.41, 5.74) is -0.355. The molecule has 3 aliphatic carbocycles. The Morgan fingerprint density at radius 1 is 1.19 bits per heavy atom. The molecule has 7 rings (SSSR count). The van der Waals surface area contributed by atoms with Crippen molar-refractivity contribution in [3.63, 3.8) is 0 Å². The van der Waals surface area contributed by atoms with Crippen LogP contribution in [0.4, 0.5) is 13.6 Å². The highest BCUT2D eigenvalue weighted by atomic mass is 19.3. The fourth-order valence-corrected chi connectivity index (χ4v) is 8.89. The molecule has 12 heteroatoms. The minimum atomic E-state index is -2.81. The number of amides is 2. The lowest BCUT2D eigenvalue weighted by Crippen LogP contribution is -2.65. The average Bonchev–Trinajstić information content (AvgIpc) is 3.61. The largest absolute Gasteiger partial charge is 0.482 e. The molecule has 3 saturated carbocycles. The van der Waals surface area contributed by atoms with E-state index in [2.05, 4.69) is 20.8 Å². The third-order valence-electron chi connectivity index (χ3n) is 12.1. The molecule has 48 heavy (non-hydrogen) atoms. The Morgan fingerprint density at radius 3 is 2.56 bits per heavy atom. The maximum atomic E-state index is 14.0. The lowest BCUT2D eigenvalue weighted by molar-refractivity contribution is -0.199. The standard InChI is InChI=1S/C36H49BF2N4O5/c1-33(2,42-17-15-36(38,39)23-42)21-25(22-40)31(44)43-16-11-10-14-30(43)46-32(45)41(6)29(18-24-12-8-7-9-13-24)37-47-28-20-26-19-27(34(26,3)4)35(28,5)48-37/h7-9,12-13,21,26-30H,10-11,14-20,23H2,1-6H3/t26-,27-,28+,29-,30+,35-/m0/s1. The molecule has 0 aromatic heterocycles. The van der Waals surface area contributed by atoms with E-state index in [0.717, 1.165) is 24.8 Å². The van der Waals surface area contributed by atoms with Gasteiger partial charge in [0.15, 0.2) is 6.23 Å². The fourth-order valence-electron chi connectivity index (χ4n) is 8.89. The smallest absolute Gasteiger partial charge is 0.425 e. The number of ether oxygens (including phenoxy) is 1. The minimum absolute atomic E-state index is 0.0550.